The molecule has 1 amide bonds. The van der Waals surface area contributed by atoms with Gasteiger partial charge in [0.1, 0.15) is 0 Å². The zero-order valence-corrected chi connectivity index (χ0v) is 11.4. The van der Waals surface area contributed by atoms with E-state index in [1.54, 1.807) is 11.3 Å². The van der Waals surface area contributed by atoms with Gasteiger partial charge in [0.05, 0.1) is 36.4 Å². The molecule has 5 nitrogen and oxygen atoms in total. The van der Waals surface area contributed by atoms with E-state index in [-0.39, 0.29) is 12.0 Å². The first-order valence-corrected chi connectivity index (χ1v) is 7.18. The highest BCUT2D eigenvalue weighted by atomic mass is 32.1. The van der Waals surface area contributed by atoms with Crippen molar-refractivity contribution in [2.75, 3.05) is 19.7 Å². The predicted octanol–water partition coefficient (Wildman–Crippen LogP) is 0.700. The maximum Gasteiger partial charge on any atom is 0.222 e. The van der Waals surface area contributed by atoms with Gasteiger partial charge in [0.2, 0.25) is 5.91 Å². The molecule has 2 rings (SSSR count). The summed E-state index contributed by atoms with van der Waals surface area (Å²) in [6.07, 6.45) is 1.36. The van der Waals surface area contributed by atoms with Crippen LogP contribution in [0.2, 0.25) is 0 Å². The van der Waals surface area contributed by atoms with Crippen LogP contribution in [0.4, 0.5) is 0 Å². The number of hydrogen-bond acceptors (Lipinski definition) is 5. The second kappa shape index (κ2) is 6.82. The predicted molar refractivity (Wildman–Crippen MR) is 70.6 cm³/mol. The summed E-state index contributed by atoms with van der Waals surface area (Å²) in [5.41, 5.74) is 0.938. The number of hydrogen-bond donors (Lipinski definition) is 2. The summed E-state index contributed by atoms with van der Waals surface area (Å²) in [6.45, 7) is 4.90. The Balaban J connectivity index is 1.70. The van der Waals surface area contributed by atoms with Gasteiger partial charge >= 0.3 is 0 Å². The normalized spacial score (nSPS) is 19.7. The zero-order chi connectivity index (χ0) is 12.8. The first-order valence-electron chi connectivity index (χ1n) is 6.30. The average Bonchev–Trinajstić information content (AvgIpc) is 2.85. The summed E-state index contributed by atoms with van der Waals surface area (Å²) >= 11 is 1.64. The second-order valence-corrected chi connectivity index (χ2v) is 5.21. The van der Waals surface area contributed by atoms with E-state index in [2.05, 4.69) is 22.5 Å². The number of thiazole rings is 1. The van der Waals surface area contributed by atoms with Gasteiger partial charge in [-0.2, -0.15) is 0 Å². The fourth-order valence-electron chi connectivity index (χ4n) is 1.81. The van der Waals surface area contributed by atoms with E-state index < -0.39 is 0 Å². The van der Waals surface area contributed by atoms with Crippen LogP contribution in [0.25, 0.3) is 0 Å². The highest BCUT2D eigenvalue weighted by molar-refractivity contribution is 7.09. The lowest BCUT2D eigenvalue weighted by atomic mass is 10.2. The van der Waals surface area contributed by atoms with E-state index in [1.165, 1.54) is 0 Å². The summed E-state index contributed by atoms with van der Waals surface area (Å²) < 4.78 is 5.49. The van der Waals surface area contributed by atoms with Crippen molar-refractivity contribution >= 4 is 17.2 Å². The van der Waals surface area contributed by atoms with Crippen LogP contribution in [0.1, 0.15) is 24.0 Å². The minimum Gasteiger partial charge on any atom is -0.375 e. The highest BCUT2D eigenvalue weighted by Crippen LogP contribution is 2.10. The molecule has 1 aromatic rings. The topological polar surface area (TPSA) is 63.2 Å². The molecule has 1 atom stereocenters. The molecule has 1 unspecified atom stereocenters. The number of morpholine rings is 1. The molecule has 2 heterocycles. The lowest BCUT2D eigenvalue weighted by molar-refractivity contribution is -0.124. The molecule has 1 saturated heterocycles. The second-order valence-electron chi connectivity index (χ2n) is 4.26. The number of carbonyl (C=O) groups is 1. The Morgan fingerprint density at radius 1 is 1.72 bits per heavy atom. The van der Waals surface area contributed by atoms with E-state index in [4.69, 9.17) is 4.74 Å². The van der Waals surface area contributed by atoms with Gasteiger partial charge in [-0.3, -0.25) is 4.79 Å². The quantitative estimate of drug-likeness (QED) is 0.826. The fourth-order valence-corrected chi connectivity index (χ4v) is 2.56. The number of amides is 1. The Morgan fingerprint density at radius 2 is 2.61 bits per heavy atom. The molecular formula is C12H19N3O2S. The highest BCUT2D eigenvalue weighted by Gasteiger charge is 2.17. The molecule has 6 heteroatoms. The van der Waals surface area contributed by atoms with Crippen LogP contribution in [-0.2, 0) is 22.5 Å². The van der Waals surface area contributed by atoms with Gasteiger partial charge in [0.25, 0.3) is 0 Å². The Labute approximate surface area is 111 Å². The van der Waals surface area contributed by atoms with Crippen LogP contribution in [0.3, 0.4) is 0 Å². The van der Waals surface area contributed by atoms with Crippen molar-refractivity contribution in [1.82, 2.24) is 15.6 Å². The zero-order valence-electron chi connectivity index (χ0n) is 10.6. The van der Waals surface area contributed by atoms with E-state index >= 15 is 0 Å². The van der Waals surface area contributed by atoms with Crippen molar-refractivity contribution in [3.63, 3.8) is 0 Å². The molecule has 1 aliphatic heterocycles. The van der Waals surface area contributed by atoms with Crippen LogP contribution in [-0.4, -0.2) is 36.7 Å². The molecule has 1 aromatic heterocycles. The molecule has 0 radical (unpaired) electrons. The maximum atomic E-state index is 11.7. The van der Waals surface area contributed by atoms with Gasteiger partial charge in [-0.05, 0) is 6.42 Å². The third-order valence-electron chi connectivity index (χ3n) is 2.79. The average molecular weight is 269 g/mol. The fraction of sp³-hybridized carbons (Fsp3) is 0.667. The molecule has 2 N–H and O–H groups in total. The summed E-state index contributed by atoms with van der Waals surface area (Å²) in [5.74, 6) is 0.0229. The lowest BCUT2D eigenvalue weighted by Crippen LogP contribution is -2.41. The van der Waals surface area contributed by atoms with Gasteiger partial charge in [0, 0.05) is 18.5 Å². The standard InChI is InChI=1S/C12H19N3O2S/c1-2-12-15-9(8-18-12)6-14-11(16)5-10-7-13-3-4-17-10/h8,10,13H,2-7H2,1H3,(H,14,16). The minimum atomic E-state index is 0.000358. The third-order valence-corrected chi connectivity index (χ3v) is 3.83. The summed E-state index contributed by atoms with van der Waals surface area (Å²) in [6, 6.07) is 0. The molecule has 0 aromatic carbocycles. The monoisotopic (exact) mass is 269 g/mol. The van der Waals surface area contributed by atoms with Crippen LogP contribution >= 0.6 is 11.3 Å². The number of nitrogens with one attached hydrogen (secondary N) is 2. The summed E-state index contributed by atoms with van der Waals surface area (Å²) in [7, 11) is 0. The Bertz CT molecular complexity index is 388. The number of rotatable bonds is 5. The number of aryl methyl sites for hydroxylation is 1. The molecule has 0 saturated carbocycles. The molecule has 1 aliphatic rings. The van der Waals surface area contributed by atoms with E-state index in [0.717, 1.165) is 30.2 Å². The number of carbonyl (C=O) groups excluding carboxylic acids is 1. The molecule has 0 spiro atoms. The van der Waals surface area contributed by atoms with Gasteiger partial charge in [-0.25, -0.2) is 4.98 Å². The van der Waals surface area contributed by atoms with Crippen LogP contribution < -0.4 is 10.6 Å². The Kier molecular flexibility index (Phi) is 5.10. The molecule has 100 valence electrons. The third kappa shape index (κ3) is 4.04. The van der Waals surface area contributed by atoms with Crippen LogP contribution in [0.15, 0.2) is 5.38 Å². The van der Waals surface area contributed by atoms with Crippen molar-refractivity contribution in [2.45, 2.75) is 32.4 Å². The smallest absolute Gasteiger partial charge is 0.222 e. The Morgan fingerprint density at radius 3 is 3.28 bits per heavy atom. The van der Waals surface area contributed by atoms with Crippen LogP contribution in [0.5, 0.6) is 0 Å². The van der Waals surface area contributed by atoms with Gasteiger partial charge in [-0.1, -0.05) is 6.92 Å². The summed E-state index contributed by atoms with van der Waals surface area (Å²) in [5, 5.41) is 9.20. The van der Waals surface area contributed by atoms with E-state index in [9.17, 15) is 4.79 Å². The molecule has 0 bridgehead atoms. The van der Waals surface area contributed by atoms with Gasteiger partial charge < -0.3 is 15.4 Å². The molecule has 1 fully saturated rings. The minimum absolute atomic E-state index is 0.000358. The largest absolute Gasteiger partial charge is 0.375 e. The SMILES string of the molecule is CCc1nc(CNC(=O)CC2CNCCO2)cs1. The Hall–Kier alpha value is -0.980. The van der Waals surface area contributed by atoms with Crippen molar-refractivity contribution in [3.05, 3.63) is 16.1 Å². The van der Waals surface area contributed by atoms with Crippen LogP contribution in [0, 0.1) is 0 Å². The summed E-state index contributed by atoms with van der Waals surface area (Å²) in [4.78, 5) is 16.1. The number of aromatic nitrogens is 1. The first kappa shape index (κ1) is 13.5. The maximum absolute atomic E-state index is 11.7. The molecule has 18 heavy (non-hydrogen) atoms. The van der Waals surface area contributed by atoms with Gasteiger partial charge in [0.15, 0.2) is 0 Å². The number of nitrogens with zero attached hydrogens (tertiary/aromatic N) is 1. The van der Waals surface area contributed by atoms with Crippen molar-refractivity contribution in [2.24, 2.45) is 0 Å². The lowest BCUT2D eigenvalue weighted by Gasteiger charge is -2.22. The van der Waals surface area contributed by atoms with Gasteiger partial charge in [-0.15, -0.1) is 11.3 Å². The van der Waals surface area contributed by atoms with E-state index in [1.807, 2.05) is 5.38 Å². The van der Waals surface area contributed by atoms with Crippen molar-refractivity contribution in [1.29, 1.82) is 0 Å². The van der Waals surface area contributed by atoms with E-state index in [0.29, 0.717) is 19.6 Å². The number of ether oxygens (including phenoxy) is 1. The first-order chi connectivity index (χ1) is 8.78. The van der Waals surface area contributed by atoms with Crippen molar-refractivity contribution in [3.8, 4) is 0 Å². The van der Waals surface area contributed by atoms with Crippen molar-refractivity contribution < 1.29 is 9.53 Å². The molecule has 0 aliphatic carbocycles. The molecular weight excluding hydrogens is 250 g/mol.